The van der Waals surface area contributed by atoms with E-state index in [4.69, 9.17) is 22.0 Å². The highest BCUT2D eigenvalue weighted by molar-refractivity contribution is 6.30. The molecule has 0 bridgehead atoms. The average molecular weight is 541 g/mol. The van der Waals surface area contributed by atoms with Crippen LogP contribution in [-0.4, -0.2) is 53.4 Å². The van der Waals surface area contributed by atoms with E-state index in [1.807, 2.05) is 29.2 Å². The largest absolute Gasteiger partial charge is 0.418 e. The van der Waals surface area contributed by atoms with Crippen LogP contribution in [-0.2, 0) is 11.0 Å². The van der Waals surface area contributed by atoms with Gasteiger partial charge in [-0.2, -0.15) is 13.2 Å². The molecular weight excluding hydrogens is 509 g/mol. The number of alkyl halides is 3. The lowest BCUT2D eigenvalue weighted by Gasteiger charge is -2.36. The molecule has 0 radical (unpaired) electrons. The molecule has 0 spiro atoms. The van der Waals surface area contributed by atoms with Gasteiger partial charge in [0.15, 0.2) is 0 Å². The van der Waals surface area contributed by atoms with Crippen LogP contribution in [0.3, 0.4) is 0 Å². The Bertz CT molecular complexity index is 1050. The first kappa shape index (κ1) is 27.3. The van der Waals surface area contributed by atoms with Gasteiger partial charge in [0.2, 0.25) is 5.91 Å². The molecule has 0 atom stereocenters. The maximum atomic E-state index is 13.3. The minimum Gasteiger partial charge on any atom is -0.382 e. The van der Waals surface area contributed by atoms with Crippen LogP contribution < -0.4 is 15.4 Å². The number of anilines is 3. The third-order valence-corrected chi connectivity index (χ3v) is 7.58. The molecule has 1 saturated carbocycles. The maximum Gasteiger partial charge on any atom is 0.418 e. The summed E-state index contributed by atoms with van der Waals surface area (Å²) in [6, 6.07) is 11.1. The van der Waals surface area contributed by atoms with Crippen LogP contribution in [0.4, 0.5) is 30.2 Å². The molecule has 1 saturated heterocycles. The van der Waals surface area contributed by atoms with E-state index in [0.29, 0.717) is 30.5 Å². The summed E-state index contributed by atoms with van der Waals surface area (Å²) in [4.78, 5) is 17.0. The number of rotatable bonds is 7. The van der Waals surface area contributed by atoms with E-state index in [1.54, 1.807) is 0 Å². The Hall–Kier alpha value is -2.69. The van der Waals surface area contributed by atoms with Crippen LogP contribution in [0.15, 0.2) is 42.5 Å². The van der Waals surface area contributed by atoms with Crippen molar-refractivity contribution in [1.29, 1.82) is 0 Å². The van der Waals surface area contributed by atoms with Crippen molar-refractivity contribution in [2.75, 3.05) is 41.6 Å². The van der Waals surface area contributed by atoms with E-state index in [2.05, 4.69) is 10.2 Å². The molecule has 2 aliphatic rings. The molecule has 7 nitrogen and oxygen atoms in total. The molecule has 4 rings (SSSR count). The predicted molar refractivity (Wildman–Crippen MR) is 136 cm³/mol. The standard InChI is InChI=1S/C26H32ClF3N4O3/c27-19-4-9-22(10-5-19)32-13-15-33(16-14-32)25(35)12-3-18-1-6-20(7-2-18)31-21-8-11-24(34(36)37)23(17-21)26(28,29)30/h4-5,8-11,17-18,20,31,36-37H,1-3,6-7,12-16H2. The van der Waals surface area contributed by atoms with E-state index in [9.17, 15) is 18.0 Å². The van der Waals surface area contributed by atoms with Crippen molar-refractivity contribution in [3.63, 3.8) is 0 Å². The number of halogens is 4. The van der Waals surface area contributed by atoms with Gasteiger partial charge in [0.05, 0.1) is 5.56 Å². The molecule has 2 aromatic carbocycles. The van der Waals surface area contributed by atoms with Gasteiger partial charge in [-0.15, -0.1) is 5.23 Å². The van der Waals surface area contributed by atoms with Gasteiger partial charge in [0.25, 0.3) is 0 Å². The monoisotopic (exact) mass is 540 g/mol. The minimum atomic E-state index is -4.72. The fourth-order valence-electron chi connectivity index (χ4n) is 5.21. The summed E-state index contributed by atoms with van der Waals surface area (Å²) < 4.78 is 39.9. The summed E-state index contributed by atoms with van der Waals surface area (Å²) in [6.07, 6.45) is 0.0177. The van der Waals surface area contributed by atoms with Crippen molar-refractivity contribution in [3.8, 4) is 0 Å². The fraction of sp³-hybridized carbons (Fsp3) is 0.500. The molecule has 1 heterocycles. The molecular formula is C26H32ClF3N4O3. The molecule has 3 N–H and O–H groups in total. The van der Waals surface area contributed by atoms with Crippen LogP contribution in [0.5, 0.6) is 0 Å². The molecule has 2 fully saturated rings. The van der Waals surface area contributed by atoms with E-state index < -0.39 is 22.7 Å². The van der Waals surface area contributed by atoms with Gasteiger partial charge in [-0.25, -0.2) is 0 Å². The molecule has 11 heteroatoms. The fourth-order valence-corrected chi connectivity index (χ4v) is 5.34. The number of piperazine rings is 1. The van der Waals surface area contributed by atoms with Crippen LogP contribution >= 0.6 is 11.6 Å². The van der Waals surface area contributed by atoms with Gasteiger partial charge in [-0.05, 0) is 80.5 Å². The summed E-state index contributed by atoms with van der Waals surface area (Å²) in [5.74, 6) is 0.598. The second-order valence-corrected chi connectivity index (χ2v) is 10.2. The SMILES string of the molecule is O=C(CCC1CCC(Nc2ccc(N(O)O)c(C(F)(F)F)c2)CC1)N1CCN(c2ccc(Cl)cc2)CC1. The number of benzene rings is 2. The molecule has 2 aromatic rings. The maximum absolute atomic E-state index is 13.3. The highest BCUT2D eigenvalue weighted by atomic mass is 35.5. The summed E-state index contributed by atoms with van der Waals surface area (Å²) >= 11 is 5.96. The van der Waals surface area contributed by atoms with Crippen LogP contribution in [0, 0.1) is 5.92 Å². The Morgan fingerprint density at radius 2 is 1.65 bits per heavy atom. The third kappa shape index (κ3) is 7.21. The summed E-state index contributed by atoms with van der Waals surface area (Å²) in [6.45, 7) is 2.97. The Morgan fingerprint density at radius 1 is 1.00 bits per heavy atom. The number of carbonyl (C=O) groups excluding carboxylic acids is 1. The van der Waals surface area contributed by atoms with E-state index in [0.717, 1.165) is 63.0 Å². The smallest absolute Gasteiger partial charge is 0.382 e. The number of hydrogen-bond acceptors (Lipinski definition) is 6. The van der Waals surface area contributed by atoms with Crippen molar-refractivity contribution in [2.45, 2.75) is 50.7 Å². The van der Waals surface area contributed by atoms with Gasteiger partial charge < -0.3 is 15.1 Å². The van der Waals surface area contributed by atoms with Gasteiger partial charge in [0, 0.05) is 55.0 Å². The summed E-state index contributed by atoms with van der Waals surface area (Å²) in [5.41, 5.74) is -0.452. The lowest BCUT2D eigenvalue weighted by Crippen LogP contribution is -2.48. The van der Waals surface area contributed by atoms with Crippen molar-refractivity contribution in [3.05, 3.63) is 53.1 Å². The second kappa shape index (κ2) is 11.8. The van der Waals surface area contributed by atoms with E-state index >= 15 is 0 Å². The zero-order valence-corrected chi connectivity index (χ0v) is 21.2. The van der Waals surface area contributed by atoms with Crippen molar-refractivity contribution in [1.82, 2.24) is 4.90 Å². The van der Waals surface area contributed by atoms with Crippen molar-refractivity contribution >= 4 is 34.6 Å². The van der Waals surface area contributed by atoms with Gasteiger partial charge in [0.1, 0.15) is 5.69 Å². The molecule has 1 amide bonds. The Labute approximate surface area is 219 Å². The number of nitrogens with zero attached hydrogens (tertiary/aromatic N) is 3. The number of nitrogens with one attached hydrogen (secondary N) is 1. The predicted octanol–water partition coefficient (Wildman–Crippen LogP) is 6.04. The van der Waals surface area contributed by atoms with Gasteiger partial charge in [-0.1, -0.05) is 11.6 Å². The quantitative estimate of drug-likeness (QED) is 0.371. The van der Waals surface area contributed by atoms with Crippen LogP contribution in [0.1, 0.15) is 44.1 Å². The minimum absolute atomic E-state index is 0.0270. The molecule has 202 valence electrons. The molecule has 0 aromatic heterocycles. The van der Waals surface area contributed by atoms with Gasteiger partial charge >= 0.3 is 6.18 Å². The molecule has 1 aliphatic carbocycles. The van der Waals surface area contributed by atoms with Crippen molar-refractivity contribution < 1.29 is 28.4 Å². The summed E-state index contributed by atoms with van der Waals surface area (Å²) in [5, 5.41) is 21.5. The van der Waals surface area contributed by atoms with Crippen molar-refractivity contribution in [2.24, 2.45) is 5.92 Å². The Balaban J connectivity index is 1.19. The highest BCUT2D eigenvalue weighted by Crippen LogP contribution is 2.38. The summed E-state index contributed by atoms with van der Waals surface area (Å²) in [7, 11) is 0. The number of amides is 1. The second-order valence-electron chi connectivity index (χ2n) is 9.76. The van der Waals surface area contributed by atoms with E-state index in [1.165, 1.54) is 6.07 Å². The molecule has 1 aliphatic heterocycles. The number of carbonyl (C=O) groups is 1. The first-order valence-corrected chi connectivity index (χ1v) is 12.9. The number of hydrogen-bond donors (Lipinski definition) is 3. The topological polar surface area (TPSA) is 79.3 Å². The highest BCUT2D eigenvalue weighted by Gasteiger charge is 2.35. The first-order chi connectivity index (χ1) is 17.6. The lowest BCUT2D eigenvalue weighted by atomic mass is 9.83. The molecule has 0 unspecified atom stereocenters. The zero-order chi connectivity index (χ0) is 26.6. The third-order valence-electron chi connectivity index (χ3n) is 7.33. The first-order valence-electron chi connectivity index (χ1n) is 12.5. The molecule has 37 heavy (non-hydrogen) atoms. The zero-order valence-electron chi connectivity index (χ0n) is 20.4. The van der Waals surface area contributed by atoms with Crippen LogP contribution in [0.2, 0.25) is 5.02 Å². The Kier molecular flexibility index (Phi) is 8.71. The average Bonchev–Trinajstić information content (AvgIpc) is 2.88. The normalized spacial score (nSPS) is 20.6. The van der Waals surface area contributed by atoms with E-state index in [-0.39, 0.29) is 17.6 Å². The van der Waals surface area contributed by atoms with Gasteiger partial charge in [-0.3, -0.25) is 15.2 Å². The Morgan fingerprint density at radius 3 is 2.24 bits per heavy atom. The van der Waals surface area contributed by atoms with Crippen LogP contribution in [0.25, 0.3) is 0 Å². The lowest BCUT2D eigenvalue weighted by molar-refractivity contribution is -0.138.